The van der Waals surface area contributed by atoms with E-state index in [-0.39, 0.29) is 12.4 Å². The Balaban J connectivity index is 0.00000110. The highest BCUT2D eigenvalue weighted by Crippen LogP contribution is 2.22. The number of benzene rings is 2. The van der Waals surface area contributed by atoms with Crippen molar-refractivity contribution in [3.05, 3.63) is 60.8 Å². The highest BCUT2D eigenvalue weighted by atomic mass is 35.5. The predicted octanol–water partition coefficient (Wildman–Crippen LogP) is 3.90. The first-order valence-electron chi connectivity index (χ1n) is 5.93. The molecular weight excluding hydrogens is 258 g/mol. The molecule has 4 rings (SSSR count). The number of nitrogens with one attached hydrogen (secondary N) is 1. The van der Waals surface area contributed by atoms with Gasteiger partial charge in [0.25, 0.3) is 0 Å². The van der Waals surface area contributed by atoms with E-state index in [1.54, 1.807) is 0 Å². The van der Waals surface area contributed by atoms with Crippen LogP contribution in [0.2, 0.25) is 0 Å². The summed E-state index contributed by atoms with van der Waals surface area (Å²) in [6.07, 6.45) is 2.10. The summed E-state index contributed by atoms with van der Waals surface area (Å²) in [5, 5.41) is 0. The number of halogens is 1. The molecule has 0 radical (unpaired) electrons. The molecule has 0 aliphatic carbocycles. The number of imidazole rings is 2. The van der Waals surface area contributed by atoms with Crippen LogP contribution in [-0.4, -0.2) is 14.4 Å². The van der Waals surface area contributed by atoms with Gasteiger partial charge in [0.1, 0.15) is 0 Å². The quantitative estimate of drug-likeness (QED) is 0.558. The average Bonchev–Trinajstić information content (AvgIpc) is 2.97. The van der Waals surface area contributed by atoms with Crippen LogP contribution in [0.1, 0.15) is 0 Å². The highest BCUT2D eigenvalue weighted by Gasteiger charge is 2.07. The second kappa shape index (κ2) is 4.44. The fourth-order valence-electron chi connectivity index (χ4n) is 2.31. The molecule has 0 aliphatic heterocycles. The number of para-hydroxylation sites is 2. The molecule has 0 saturated heterocycles. The van der Waals surface area contributed by atoms with Crippen LogP contribution in [0.15, 0.2) is 60.8 Å². The Morgan fingerprint density at radius 2 is 1.63 bits per heavy atom. The van der Waals surface area contributed by atoms with Crippen LogP contribution >= 0.6 is 12.4 Å². The lowest BCUT2D eigenvalue weighted by molar-refractivity contribution is 1.25. The highest BCUT2D eigenvalue weighted by molar-refractivity contribution is 5.85. The number of rotatable bonds is 1. The van der Waals surface area contributed by atoms with Gasteiger partial charge < -0.3 is 4.98 Å². The number of H-pyrrole nitrogens is 1. The van der Waals surface area contributed by atoms with E-state index < -0.39 is 0 Å². The standard InChI is InChI=1S/C15H11N3.ClH/c1-2-6-11(7-3-1)13-10-18-14-9-5-4-8-12(14)16-15(18)17-13;/h1-10H,(H,16,17);1H. The summed E-state index contributed by atoms with van der Waals surface area (Å²) in [7, 11) is 0. The van der Waals surface area contributed by atoms with E-state index >= 15 is 0 Å². The maximum Gasteiger partial charge on any atom is 0.212 e. The lowest BCUT2D eigenvalue weighted by atomic mass is 10.2. The zero-order chi connectivity index (χ0) is 11.9. The number of nitrogens with zero attached hydrogens (tertiary/aromatic N) is 2. The molecule has 4 aromatic rings. The van der Waals surface area contributed by atoms with Crippen molar-refractivity contribution < 1.29 is 0 Å². The number of hydrogen-bond acceptors (Lipinski definition) is 1. The van der Waals surface area contributed by atoms with Crippen LogP contribution in [-0.2, 0) is 0 Å². The minimum Gasteiger partial charge on any atom is -0.323 e. The van der Waals surface area contributed by atoms with Gasteiger partial charge in [-0.2, -0.15) is 0 Å². The molecule has 2 aromatic heterocycles. The molecule has 19 heavy (non-hydrogen) atoms. The maximum absolute atomic E-state index is 4.57. The van der Waals surface area contributed by atoms with Crippen molar-refractivity contribution in [2.75, 3.05) is 0 Å². The molecule has 2 heterocycles. The van der Waals surface area contributed by atoms with Crippen LogP contribution in [0, 0.1) is 0 Å². The van der Waals surface area contributed by atoms with Crippen molar-refractivity contribution in [3.63, 3.8) is 0 Å². The third-order valence-corrected chi connectivity index (χ3v) is 3.19. The van der Waals surface area contributed by atoms with Crippen LogP contribution in [0.4, 0.5) is 0 Å². The van der Waals surface area contributed by atoms with Crippen molar-refractivity contribution in [1.82, 2.24) is 14.4 Å². The minimum atomic E-state index is 0. The Morgan fingerprint density at radius 1 is 0.895 bits per heavy atom. The zero-order valence-corrected chi connectivity index (χ0v) is 10.9. The van der Waals surface area contributed by atoms with Crippen molar-refractivity contribution in [3.8, 4) is 11.3 Å². The molecule has 0 fully saturated rings. The first kappa shape index (κ1) is 11.8. The first-order valence-corrected chi connectivity index (χ1v) is 5.93. The minimum absolute atomic E-state index is 0. The van der Waals surface area contributed by atoms with Gasteiger partial charge >= 0.3 is 0 Å². The predicted molar refractivity (Wildman–Crippen MR) is 79.7 cm³/mol. The van der Waals surface area contributed by atoms with E-state index in [4.69, 9.17) is 0 Å². The Morgan fingerprint density at radius 3 is 2.47 bits per heavy atom. The van der Waals surface area contributed by atoms with Crippen molar-refractivity contribution in [2.24, 2.45) is 0 Å². The van der Waals surface area contributed by atoms with Gasteiger partial charge in [-0.25, -0.2) is 4.98 Å². The van der Waals surface area contributed by atoms with Gasteiger partial charge in [0, 0.05) is 6.20 Å². The largest absolute Gasteiger partial charge is 0.323 e. The summed E-state index contributed by atoms with van der Waals surface area (Å²) in [4.78, 5) is 7.92. The Bertz CT molecular complexity index is 830. The van der Waals surface area contributed by atoms with Crippen LogP contribution in [0.25, 0.3) is 28.1 Å². The first-order chi connectivity index (χ1) is 8.92. The monoisotopic (exact) mass is 269 g/mol. The summed E-state index contributed by atoms with van der Waals surface area (Å²) in [5.41, 5.74) is 4.41. The number of aromatic amines is 1. The second-order valence-electron chi connectivity index (χ2n) is 4.33. The molecule has 2 aromatic carbocycles. The number of fused-ring (bicyclic) bond motifs is 3. The van der Waals surface area contributed by atoms with Crippen molar-refractivity contribution in [2.45, 2.75) is 0 Å². The molecule has 0 amide bonds. The SMILES string of the molecule is Cl.c1ccc(-c2cn3c(nc4ccccc43)[nH]2)cc1. The van der Waals surface area contributed by atoms with Gasteiger partial charge in [-0.1, -0.05) is 42.5 Å². The van der Waals surface area contributed by atoms with Gasteiger partial charge in [-0.15, -0.1) is 12.4 Å². The van der Waals surface area contributed by atoms with Crippen LogP contribution in [0.5, 0.6) is 0 Å². The summed E-state index contributed by atoms with van der Waals surface area (Å²) >= 11 is 0. The molecule has 0 atom stereocenters. The van der Waals surface area contributed by atoms with E-state index in [0.29, 0.717) is 0 Å². The van der Waals surface area contributed by atoms with Gasteiger partial charge in [-0.05, 0) is 17.7 Å². The molecule has 0 bridgehead atoms. The van der Waals surface area contributed by atoms with E-state index in [1.807, 2.05) is 36.4 Å². The van der Waals surface area contributed by atoms with Crippen LogP contribution < -0.4 is 0 Å². The second-order valence-corrected chi connectivity index (χ2v) is 4.33. The Hall–Kier alpha value is -2.26. The van der Waals surface area contributed by atoms with Crippen molar-refractivity contribution in [1.29, 1.82) is 0 Å². The number of hydrogen-bond donors (Lipinski definition) is 1. The zero-order valence-electron chi connectivity index (χ0n) is 10.1. The van der Waals surface area contributed by atoms with Gasteiger partial charge in [0.05, 0.1) is 16.7 Å². The topological polar surface area (TPSA) is 33.1 Å². The lowest BCUT2D eigenvalue weighted by Gasteiger charge is -1.95. The molecule has 1 N–H and O–H groups in total. The molecule has 4 heteroatoms. The van der Waals surface area contributed by atoms with E-state index in [1.165, 1.54) is 5.56 Å². The summed E-state index contributed by atoms with van der Waals surface area (Å²) < 4.78 is 2.09. The molecule has 0 unspecified atom stereocenters. The Labute approximate surface area is 116 Å². The molecule has 3 nitrogen and oxygen atoms in total. The third kappa shape index (κ3) is 1.79. The molecule has 0 aliphatic rings. The summed E-state index contributed by atoms with van der Waals surface area (Å²) in [6, 6.07) is 18.4. The van der Waals surface area contributed by atoms with Gasteiger partial charge in [0.15, 0.2) is 0 Å². The summed E-state index contributed by atoms with van der Waals surface area (Å²) in [5.74, 6) is 0.884. The van der Waals surface area contributed by atoms with E-state index in [2.05, 4.69) is 38.8 Å². The molecule has 94 valence electrons. The fraction of sp³-hybridized carbons (Fsp3) is 0. The van der Waals surface area contributed by atoms with Crippen LogP contribution in [0.3, 0.4) is 0 Å². The van der Waals surface area contributed by atoms with Crippen molar-refractivity contribution >= 4 is 29.2 Å². The molecule has 0 saturated carbocycles. The van der Waals surface area contributed by atoms with Gasteiger partial charge in [-0.3, -0.25) is 4.40 Å². The summed E-state index contributed by atoms with van der Waals surface area (Å²) in [6.45, 7) is 0. The van der Waals surface area contributed by atoms with E-state index in [9.17, 15) is 0 Å². The van der Waals surface area contributed by atoms with E-state index in [0.717, 1.165) is 22.5 Å². The molecule has 0 spiro atoms. The van der Waals surface area contributed by atoms with Gasteiger partial charge in [0.2, 0.25) is 5.78 Å². The molecular formula is C15H12ClN3. The fourth-order valence-corrected chi connectivity index (χ4v) is 2.31. The third-order valence-electron chi connectivity index (χ3n) is 3.19. The smallest absolute Gasteiger partial charge is 0.212 e. The Kier molecular flexibility index (Phi) is 2.76. The average molecular weight is 270 g/mol. The lowest BCUT2D eigenvalue weighted by Crippen LogP contribution is -1.77. The number of aromatic nitrogens is 3. The maximum atomic E-state index is 4.57. The normalized spacial score (nSPS) is 10.7.